The van der Waals surface area contributed by atoms with E-state index in [9.17, 15) is 18.0 Å². The number of nitrogens with zero attached hydrogens (tertiary/aromatic N) is 4. The number of sulfonamides is 1. The highest BCUT2D eigenvalue weighted by Gasteiger charge is 2.30. The van der Waals surface area contributed by atoms with Crippen molar-refractivity contribution in [3.05, 3.63) is 47.8 Å². The summed E-state index contributed by atoms with van der Waals surface area (Å²) in [5, 5.41) is 0. The summed E-state index contributed by atoms with van der Waals surface area (Å²) in [6, 6.07) is 8.95. The Balaban J connectivity index is 1.43. The molecule has 1 aromatic carbocycles. The van der Waals surface area contributed by atoms with Crippen LogP contribution in [0.15, 0.2) is 41.4 Å². The third-order valence-corrected chi connectivity index (χ3v) is 7.88. The first-order chi connectivity index (χ1) is 15.3. The van der Waals surface area contributed by atoms with Gasteiger partial charge in [-0.25, -0.2) is 8.42 Å². The number of piperazine rings is 1. The van der Waals surface area contributed by atoms with Crippen molar-refractivity contribution >= 4 is 27.4 Å². The Kier molecular flexibility index (Phi) is 6.36. The quantitative estimate of drug-likeness (QED) is 0.623. The summed E-state index contributed by atoms with van der Waals surface area (Å²) in [5.74, 6) is -0.146. The number of morpholine rings is 1. The highest BCUT2D eigenvalue weighted by Crippen LogP contribution is 2.22. The minimum Gasteiger partial charge on any atom is -0.379 e. The molecule has 1 amide bonds. The van der Waals surface area contributed by atoms with Crippen LogP contribution in [0.25, 0.3) is 0 Å². The van der Waals surface area contributed by atoms with Gasteiger partial charge in [-0.1, -0.05) is 0 Å². The Bertz CT molecular complexity index is 1100. The molecule has 0 N–H and O–H groups in total. The van der Waals surface area contributed by atoms with Crippen LogP contribution in [0.4, 0.5) is 5.69 Å². The highest BCUT2D eigenvalue weighted by atomic mass is 32.2. The molecule has 0 bridgehead atoms. The lowest BCUT2D eigenvalue weighted by Gasteiger charge is -2.36. The molecule has 1 aromatic heterocycles. The fourth-order valence-corrected chi connectivity index (χ4v) is 5.54. The second-order valence-electron chi connectivity index (χ2n) is 8.07. The standard InChI is InChI=1S/C22H28N4O5S/c1-17(27)18-3-5-19(6-4-18)24-7-9-25(10-8-24)22(28)21-15-20(16-23(21)2)32(29,30)26-11-13-31-14-12-26/h3-6,15-16H,7-14H2,1-2H3. The summed E-state index contributed by atoms with van der Waals surface area (Å²) < 4.78 is 34.1. The van der Waals surface area contributed by atoms with Crippen LogP contribution < -0.4 is 4.90 Å². The molecule has 0 aliphatic carbocycles. The molecular weight excluding hydrogens is 432 g/mol. The molecule has 0 atom stereocenters. The minimum atomic E-state index is -3.65. The van der Waals surface area contributed by atoms with Gasteiger partial charge in [-0.2, -0.15) is 4.31 Å². The van der Waals surface area contributed by atoms with Crippen molar-refractivity contribution in [3.63, 3.8) is 0 Å². The molecule has 2 aliphatic rings. The number of hydrogen-bond donors (Lipinski definition) is 0. The zero-order valence-corrected chi connectivity index (χ0v) is 19.2. The topological polar surface area (TPSA) is 92.2 Å². The number of carbonyl (C=O) groups excluding carboxylic acids is 2. The van der Waals surface area contributed by atoms with Gasteiger partial charge in [-0.05, 0) is 37.3 Å². The molecule has 2 aromatic rings. The van der Waals surface area contributed by atoms with Crippen molar-refractivity contribution in [2.75, 3.05) is 57.4 Å². The van der Waals surface area contributed by atoms with E-state index in [1.807, 2.05) is 24.3 Å². The van der Waals surface area contributed by atoms with Gasteiger partial charge in [-0.15, -0.1) is 0 Å². The van der Waals surface area contributed by atoms with Crippen molar-refractivity contribution in [1.82, 2.24) is 13.8 Å². The predicted octanol–water partition coefficient (Wildman–Crippen LogP) is 1.21. The van der Waals surface area contributed by atoms with E-state index in [2.05, 4.69) is 4.90 Å². The van der Waals surface area contributed by atoms with Crippen molar-refractivity contribution in [2.45, 2.75) is 11.8 Å². The maximum atomic E-state index is 13.1. The van der Waals surface area contributed by atoms with E-state index in [0.29, 0.717) is 63.7 Å². The van der Waals surface area contributed by atoms with Crippen LogP contribution >= 0.6 is 0 Å². The average Bonchev–Trinajstić information content (AvgIpc) is 3.22. The Hall–Kier alpha value is -2.69. The van der Waals surface area contributed by atoms with Gasteiger partial charge in [0, 0.05) is 63.8 Å². The number of aromatic nitrogens is 1. The normalized spacial score (nSPS) is 18.1. The Morgan fingerprint density at radius 2 is 1.56 bits per heavy atom. The summed E-state index contributed by atoms with van der Waals surface area (Å²) in [7, 11) is -1.96. The molecule has 0 unspecified atom stereocenters. The SMILES string of the molecule is CC(=O)c1ccc(N2CCN(C(=O)c3cc(S(=O)(=O)N4CCOCC4)cn3C)CC2)cc1. The first-order valence-electron chi connectivity index (χ1n) is 10.7. The lowest BCUT2D eigenvalue weighted by molar-refractivity contribution is 0.0729. The van der Waals surface area contributed by atoms with Gasteiger partial charge in [0.1, 0.15) is 10.6 Å². The second kappa shape index (κ2) is 9.05. The first-order valence-corrected chi connectivity index (χ1v) is 12.1. The van der Waals surface area contributed by atoms with E-state index in [-0.39, 0.29) is 16.6 Å². The van der Waals surface area contributed by atoms with E-state index < -0.39 is 10.0 Å². The highest BCUT2D eigenvalue weighted by molar-refractivity contribution is 7.89. The van der Waals surface area contributed by atoms with Gasteiger partial charge >= 0.3 is 0 Å². The van der Waals surface area contributed by atoms with E-state index in [1.165, 1.54) is 16.6 Å². The van der Waals surface area contributed by atoms with Gasteiger partial charge in [0.15, 0.2) is 5.78 Å². The molecule has 2 aliphatic heterocycles. The van der Waals surface area contributed by atoms with Crippen LogP contribution in [0.2, 0.25) is 0 Å². The summed E-state index contributed by atoms with van der Waals surface area (Å²) >= 11 is 0. The zero-order valence-electron chi connectivity index (χ0n) is 18.4. The number of aryl methyl sites for hydroxylation is 1. The number of Topliss-reactive ketones (excluding diaryl/α,β-unsaturated/α-hetero) is 1. The molecule has 172 valence electrons. The number of amides is 1. The number of rotatable bonds is 5. The number of benzene rings is 1. The molecule has 4 rings (SSSR count). The predicted molar refractivity (Wildman–Crippen MR) is 120 cm³/mol. The minimum absolute atomic E-state index is 0.0320. The molecule has 9 nitrogen and oxygen atoms in total. The number of ketones is 1. The van der Waals surface area contributed by atoms with Gasteiger partial charge in [0.2, 0.25) is 10.0 Å². The molecular formula is C22H28N4O5S. The molecule has 0 radical (unpaired) electrons. The maximum absolute atomic E-state index is 13.1. The summed E-state index contributed by atoms with van der Waals surface area (Å²) in [6.07, 6.45) is 1.50. The lowest BCUT2D eigenvalue weighted by atomic mass is 10.1. The number of ether oxygens (including phenoxy) is 1. The second-order valence-corrected chi connectivity index (χ2v) is 10.0. The van der Waals surface area contributed by atoms with Crippen LogP contribution in [-0.2, 0) is 21.8 Å². The van der Waals surface area contributed by atoms with E-state index in [0.717, 1.165) is 5.69 Å². The van der Waals surface area contributed by atoms with Crippen molar-refractivity contribution in [1.29, 1.82) is 0 Å². The Morgan fingerprint density at radius 1 is 0.938 bits per heavy atom. The van der Waals surface area contributed by atoms with E-state index in [1.54, 1.807) is 23.4 Å². The molecule has 0 saturated carbocycles. The summed E-state index contributed by atoms with van der Waals surface area (Å²) in [5.41, 5.74) is 2.05. The van der Waals surface area contributed by atoms with Crippen LogP contribution in [0.1, 0.15) is 27.8 Å². The summed E-state index contributed by atoms with van der Waals surface area (Å²) in [4.78, 5) is 28.6. The molecule has 3 heterocycles. The fraction of sp³-hybridized carbons (Fsp3) is 0.455. The van der Waals surface area contributed by atoms with Gasteiger partial charge in [0.25, 0.3) is 5.91 Å². The van der Waals surface area contributed by atoms with E-state index >= 15 is 0 Å². The van der Waals surface area contributed by atoms with Crippen LogP contribution in [0.5, 0.6) is 0 Å². The molecule has 2 fully saturated rings. The largest absolute Gasteiger partial charge is 0.379 e. The van der Waals surface area contributed by atoms with Crippen molar-refractivity contribution < 1.29 is 22.7 Å². The third-order valence-electron chi connectivity index (χ3n) is 6.01. The van der Waals surface area contributed by atoms with Gasteiger partial charge < -0.3 is 19.1 Å². The molecule has 0 spiro atoms. The maximum Gasteiger partial charge on any atom is 0.270 e. The van der Waals surface area contributed by atoms with Gasteiger partial charge in [-0.3, -0.25) is 9.59 Å². The van der Waals surface area contributed by atoms with Crippen molar-refractivity contribution in [3.8, 4) is 0 Å². The van der Waals surface area contributed by atoms with Crippen molar-refractivity contribution in [2.24, 2.45) is 7.05 Å². The lowest BCUT2D eigenvalue weighted by Crippen LogP contribution is -2.49. The monoisotopic (exact) mass is 460 g/mol. The fourth-order valence-electron chi connectivity index (χ4n) is 4.06. The Labute approximate surface area is 188 Å². The molecule has 10 heteroatoms. The number of hydrogen-bond acceptors (Lipinski definition) is 6. The first kappa shape index (κ1) is 22.5. The third kappa shape index (κ3) is 4.43. The number of carbonyl (C=O) groups is 2. The van der Waals surface area contributed by atoms with Gasteiger partial charge in [0.05, 0.1) is 13.2 Å². The van der Waals surface area contributed by atoms with Crippen LogP contribution in [0, 0.1) is 0 Å². The Morgan fingerprint density at radius 3 is 2.16 bits per heavy atom. The number of anilines is 1. The summed E-state index contributed by atoms with van der Waals surface area (Å²) in [6.45, 7) is 5.31. The van der Waals surface area contributed by atoms with Crippen LogP contribution in [0.3, 0.4) is 0 Å². The molecule has 2 saturated heterocycles. The average molecular weight is 461 g/mol. The van der Waals surface area contributed by atoms with E-state index in [4.69, 9.17) is 4.74 Å². The zero-order chi connectivity index (χ0) is 22.9. The smallest absolute Gasteiger partial charge is 0.270 e. The molecule has 32 heavy (non-hydrogen) atoms. The van der Waals surface area contributed by atoms with Crippen LogP contribution in [-0.4, -0.2) is 86.4 Å².